The van der Waals surface area contributed by atoms with Crippen molar-refractivity contribution in [2.75, 3.05) is 12.4 Å². The standard InChI is InChI=1S/C22H24AsClN2O2S.2ClH/c23-20-3-1-2-4-21(20)29-14-19-13-27-22(28-19,15-26-12-11-25-16-26)10-9-17-5-7-18(24)8-6-17;;/h1-8,11-12,16,19H,9-10,13-15,23H2;2*1H/t19-,22-;;/m1../s1. The molecule has 2 heterocycles. The molecule has 1 aliphatic rings. The van der Waals surface area contributed by atoms with E-state index in [1.54, 1.807) is 23.0 Å². The molecule has 1 fully saturated rings. The van der Waals surface area contributed by atoms with E-state index in [9.17, 15) is 0 Å². The molecular formula is C22H26AsCl3N2O2S. The molecule has 4 nitrogen and oxygen atoms in total. The van der Waals surface area contributed by atoms with Gasteiger partial charge in [-0.15, -0.1) is 24.8 Å². The van der Waals surface area contributed by atoms with Gasteiger partial charge in [-0.05, 0) is 0 Å². The van der Waals surface area contributed by atoms with E-state index < -0.39 is 5.79 Å². The summed E-state index contributed by atoms with van der Waals surface area (Å²) in [6.45, 7) is 1.24. The molecule has 0 spiro atoms. The normalized spacial score (nSPS) is 20.1. The van der Waals surface area contributed by atoms with Gasteiger partial charge in [0.1, 0.15) is 0 Å². The number of aromatic nitrogens is 2. The van der Waals surface area contributed by atoms with Crippen LogP contribution < -0.4 is 4.35 Å². The molecule has 2 aromatic carbocycles. The number of halogens is 3. The van der Waals surface area contributed by atoms with Gasteiger partial charge in [0.2, 0.25) is 0 Å². The molecule has 3 aromatic rings. The molecule has 0 saturated carbocycles. The van der Waals surface area contributed by atoms with E-state index >= 15 is 0 Å². The van der Waals surface area contributed by atoms with E-state index in [4.69, 9.17) is 21.1 Å². The Morgan fingerprint density at radius 1 is 1.16 bits per heavy atom. The molecule has 1 aliphatic heterocycles. The van der Waals surface area contributed by atoms with Crippen molar-refractivity contribution >= 4 is 69.4 Å². The Labute approximate surface area is 213 Å². The summed E-state index contributed by atoms with van der Waals surface area (Å²) in [7, 11) is 0. The number of imidazole rings is 1. The SMILES string of the molecule is Cl.Cl.Clc1ccc(CC[C@@]2(Cn3ccnc3)OC[C@H](CSc3ccccc3[AsH2])O2)cc1. The van der Waals surface area contributed by atoms with Crippen LogP contribution in [0.4, 0.5) is 0 Å². The van der Waals surface area contributed by atoms with Crippen LogP contribution in [0.5, 0.6) is 0 Å². The maximum atomic E-state index is 6.52. The predicted octanol–water partition coefficient (Wildman–Crippen LogP) is 4.18. The van der Waals surface area contributed by atoms with Gasteiger partial charge in [0.15, 0.2) is 0 Å². The van der Waals surface area contributed by atoms with Crippen molar-refractivity contribution in [2.45, 2.75) is 36.2 Å². The molecule has 1 unspecified atom stereocenters. The van der Waals surface area contributed by atoms with Gasteiger partial charge in [-0.2, -0.15) is 0 Å². The molecule has 3 atom stereocenters. The number of benzene rings is 2. The van der Waals surface area contributed by atoms with E-state index in [0.29, 0.717) is 13.2 Å². The van der Waals surface area contributed by atoms with E-state index in [0.717, 1.165) is 23.6 Å². The molecule has 0 aliphatic carbocycles. The predicted molar refractivity (Wildman–Crippen MR) is 135 cm³/mol. The molecule has 1 saturated heterocycles. The molecule has 168 valence electrons. The van der Waals surface area contributed by atoms with Crippen LogP contribution in [0, 0.1) is 0 Å². The van der Waals surface area contributed by atoms with Gasteiger partial charge < -0.3 is 0 Å². The van der Waals surface area contributed by atoms with E-state index in [1.807, 2.05) is 41.0 Å². The number of hydrogen-bond acceptors (Lipinski definition) is 4. The van der Waals surface area contributed by atoms with Crippen LogP contribution >= 0.6 is 48.2 Å². The van der Waals surface area contributed by atoms with Crippen molar-refractivity contribution in [3.05, 3.63) is 77.8 Å². The van der Waals surface area contributed by atoms with Crippen LogP contribution in [0.15, 0.2) is 72.1 Å². The van der Waals surface area contributed by atoms with Gasteiger partial charge in [0.05, 0.1) is 0 Å². The van der Waals surface area contributed by atoms with Crippen molar-refractivity contribution in [3.8, 4) is 0 Å². The second-order valence-corrected chi connectivity index (χ2v) is 9.98. The summed E-state index contributed by atoms with van der Waals surface area (Å²) in [5.41, 5.74) is 1.23. The Morgan fingerprint density at radius 2 is 1.94 bits per heavy atom. The number of ether oxygens (including phenoxy) is 2. The summed E-state index contributed by atoms with van der Waals surface area (Å²) in [4.78, 5) is 5.49. The van der Waals surface area contributed by atoms with Gasteiger partial charge in [-0.25, -0.2) is 0 Å². The molecule has 0 radical (unpaired) electrons. The molecule has 0 bridgehead atoms. The Balaban J connectivity index is 0.00000171. The summed E-state index contributed by atoms with van der Waals surface area (Å²) < 4.78 is 16.2. The van der Waals surface area contributed by atoms with Crippen LogP contribution in [0.2, 0.25) is 5.02 Å². The van der Waals surface area contributed by atoms with E-state index in [2.05, 4.69) is 41.4 Å². The van der Waals surface area contributed by atoms with Crippen molar-refractivity contribution in [1.82, 2.24) is 9.55 Å². The van der Waals surface area contributed by atoms with Crippen LogP contribution in [0.1, 0.15) is 12.0 Å². The van der Waals surface area contributed by atoms with Crippen LogP contribution in [-0.4, -0.2) is 50.7 Å². The molecular weight excluding hydrogens is 538 g/mol. The zero-order valence-electron chi connectivity index (χ0n) is 16.9. The fraction of sp³-hybridized carbons (Fsp3) is 0.318. The van der Waals surface area contributed by atoms with Crippen molar-refractivity contribution in [3.63, 3.8) is 0 Å². The van der Waals surface area contributed by atoms with E-state index in [1.165, 1.54) is 14.8 Å². The van der Waals surface area contributed by atoms with Crippen molar-refractivity contribution in [2.24, 2.45) is 0 Å². The van der Waals surface area contributed by atoms with Crippen LogP contribution in [0.3, 0.4) is 0 Å². The van der Waals surface area contributed by atoms with Gasteiger partial charge in [-0.3, -0.25) is 0 Å². The Bertz CT molecular complexity index is 931. The van der Waals surface area contributed by atoms with E-state index in [-0.39, 0.29) is 30.9 Å². The minimum atomic E-state index is -0.638. The first-order chi connectivity index (χ1) is 14.1. The molecule has 1 aromatic heterocycles. The zero-order valence-corrected chi connectivity index (χ0v) is 22.5. The third-order valence-electron chi connectivity index (χ3n) is 4.95. The molecule has 31 heavy (non-hydrogen) atoms. The third-order valence-corrected chi connectivity index (χ3v) is 7.92. The van der Waals surface area contributed by atoms with Gasteiger partial charge in [0.25, 0.3) is 0 Å². The fourth-order valence-corrected chi connectivity index (χ4v) is 5.46. The molecule has 4 rings (SSSR count). The van der Waals surface area contributed by atoms with Gasteiger partial charge >= 0.3 is 173 Å². The van der Waals surface area contributed by atoms with Gasteiger partial charge in [-0.1, -0.05) is 11.6 Å². The average Bonchev–Trinajstić information content (AvgIpc) is 3.38. The summed E-state index contributed by atoms with van der Waals surface area (Å²) in [6.07, 6.45) is 7.27. The summed E-state index contributed by atoms with van der Waals surface area (Å²) in [6, 6.07) is 16.5. The quantitative estimate of drug-likeness (QED) is 0.305. The fourth-order valence-electron chi connectivity index (χ4n) is 3.43. The second-order valence-electron chi connectivity index (χ2n) is 7.17. The van der Waals surface area contributed by atoms with Crippen molar-refractivity contribution < 1.29 is 9.47 Å². The molecule has 0 amide bonds. The topological polar surface area (TPSA) is 36.3 Å². The minimum absolute atomic E-state index is 0. The summed E-state index contributed by atoms with van der Waals surface area (Å²) in [5, 5.41) is 0.755. The molecule has 0 N–H and O–H groups in total. The Kier molecular flexibility index (Phi) is 10.8. The first-order valence-corrected chi connectivity index (χ1v) is 12.2. The molecule has 9 heteroatoms. The number of aryl methyl sites for hydroxylation is 1. The zero-order chi connectivity index (χ0) is 20.1. The summed E-state index contributed by atoms with van der Waals surface area (Å²) in [5.74, 6) is 0.245. The van der Waals surface area contributed by atoms with Crippen LogP contribution in [0.25, 0.3) is 0 Å². The van der Waals surface area contributed by atoms with Crippen LogP contribution in [-0.2, 0) is 22.4 Å². The number of thioether (sulfide) groups is 1. The Hall–Kier alpha value is -0.652. The summed E-state index contributed by atoms with van der Waals surface area (Å²) >= 11 is 9.51. The van der Waals surface area contributed by atoms with Crippen molar-refractivity contribution in [1.29, 1.82) is 0 Å². The number of hydrogen-bond donors (Lipinski definition) is 0. The third kappa shape index (κ3) is 7.43. The monoisotopic (exact) mass is 562 g/mol. The maximum absolute atomic E-state index is 6.52. The average molecular weight is 564 g/mol. The Morgan fingerprint density at radius 3 is 2.65 bits per heavy atom. The second kappa shape index (κ2) is 12.6. The number of rotatable bonds is 8. The first kappa shape index (κ1) is 26.6. The first-order valence-electron chi connectivity index (χ1n) is 9.61. The number of nitrogens with zero attached hydrogens (tertiary/aromatic N) is 2. The van der Waals surface area contributed by atoms with Gasteiger partial charge in [0, 0.05) is 5.02 Å².